The molecule has 0 aromatic carbocycles. The molecule has 1 aliphatic carbocycles. The molecular formula is C13H25NO2. The predicted molar refractivity (Wildman–Crippen MR) is 65.3 cm³/mol. The summed E-state index contributed by atoms with van der Waals surface area (Å²) < 4.78 is 4.76. The number of ether oxygens (including phenoxy) is 1. The molecule has 2 unspecified atom stereocenters. The summed E-state index contributed by atoms with van der Waals surface area (Å²) in [4.78, 5) is 13.6. The Bertz CT molecular complexity index is 218. The fourth-order valence-electron chi connectivity index (χ4n) is 2.84. The molecule has 0 heterocycles. The third-order valence-corrected chi connectivity index (χ3v) is 3.83. The van der Waals surface area contributed by atoms with Crippen LogP contribution in [0.4, 0.5) is 0 Å². The van der Waals surface area contributed by atoms with Crippen molar-refractivity contribution < 1.29 is 9.53 Å². The van der Waals surface area contributed by atoms with Crippen LogP contribution in [0.15, 0.2) is 0 Å². The van der Waals surface area contributed by atoms with Crippen molar-refractivity contribution in [1.82, 2.24) is 4.90 Å². The number of rotatable bonds is 5. The summed E-state index contributed by atoms with van der Waals surface area (Å²) >= 11 is 0. The van der Waals surface area contributed by atoms with Crippen molar-refractivity contribution in [2.75, 3.05) is 20.2 Å². The first-order chi connectivity index (χ1) is 7.72. The number of methoxy groups -OCH3 is 1. The summed E-state index contributed by atoms with van der Waals surface area (Å²) in [6.45, 7) is 5.78. The van der Waals surface area contributed by atoms with E-state index in [1.807, 2.05) is 0 Å². The van der Waals surface area contributed by atoms with Crippen LogP contribution in [0.3, 0.4) is 0 Å². The fraction of sp³-hybridized carbons (Fsp3) is 0.923. The summed E-state index contributed by atoms with van der Waals surface area (Å²) in [5, 5.41) is 0. The van der Waals surface area contributed by atoms with Gasteiger partial charge in [-0.1, -0.05) is 33.1 Å². The first-order valence-electron chi connectivity index (χ1n) is 6.53. The highest BCUT2D eigenvalue weighted by Crippen LogP contribution is 2.30. The zero-order valence-corrected chi connectivity index (χ0v) is 10.9. The van der Waals surface area contributed by atoms with Crippen LogP contribution in [-0.2, 0) is 9.53 Å². The summed E-state index contributed by atoms with van der Waals surface area (Å²) in [6, 6.07) is 0.586. The molecule has 1 saturated carbocycles. The van der Waals surface area contributed by atoms with E-state index in [4.69, 9.17) is 4.74 Å². The Labute approximate surface area is 99.1 Å². The Morgan fingerprint density at radius 1 is 1.31 bits per heavy atom. The monoisotopic (exact) mass is 227 g/mol. The number of hydrogen-bond acceptors (Lipinski definition) is 3. The molecule has 0 aliphatic heterocycles. The smallest absolute Gasteiger partial charge is 0.319 e. The molecule has 2 atom stereocenters. The van der Waals surface area contributed by atoms with Crippen LogP contribution in [0.5, 0.6) is 0 Å². The van der Waals surface area contributed by atoms with E-state index in [2.05, 4.69) is 18.7 Å². The Kier molecular flexibility index (Phi) is 5.81. The minimum atomic E-state index is -0.109. The third kappa shape index (κ3) is 3.48. The van der Waals surface area contributed by atoms with Gasteiger partial charge in [0, 0.05) is 6.04 Å². The average molecular weight is 227 g/mol. The molecule has 0 radical (unpaired) electrons. The molecule has 16 heavy (non-hydrogen) atoms. The SMILES string of the molecule is CCC1CCCCC1N(CC)CC(=O)OC. The minimum Gasteiger partial charge on any atom is -0.468 e. The normalized spacial score (nSPS) is 25.8. The first-order valence-corrected chi connectivity index (χ1v) is 6.53. The molecule has 0 bridgehead atoms. The molecule has 0 N–H and O–H groups in total. The Balaban J connectivity index is 2.58. The van der Waals surface area contributed by atoms with Gasteiger partial charge in [0.15, 0.2) is 0 Å². The van der Waals surface area contributed by atoms with Gasteiger partial charge < -0.3 is 4.74 Å². The predicted octanol–water partition coefficient (Wildman–Crippen LogP) is 2.45. The number of likely N-dealkylation sites (N-methyl/N-ethyl adjacent to an activating group) is 1. The lowest BCUT2D eigenvalue weighted by Crippen LogP contribution is -2.45. The Morgan fingerprint density at radius 2 is 2.00 bits per heavy atom. The van der Waals surface area contributed by atoms with Crippen molar-refractivity contribution in [2.45, 2.75) is 52.0 Å². The van der Waals surface area contributed by atoms with Gasteiger partial charge in [0.1, 0.15) is 0 Å². The number of esters is 1. The van der Waals surface area contributed by atoms with E-state index in [1.165, 1.54) is 39.2 Å². The fourth-order valence-corrected chi connectivity index (χ4v) is 2.84. The van der Waals surface area contributed by atoms with E-state index in [-0.39, 0.29) is 5.97 Å². The molecule has 3 heteroatoms. The lowest BCUT2D eigenvalue weighted by molar-refractivity contribution is -0.143. The van der Waals surface area contributed by atoms with Gasteiger partial charge >= 0.3 is 5.97 Å². The molecule has 1 aliphatic rings. The van der Waals surface area contributed by atoms with Gasteiger partial charge in [0.2, 0.25) is 0 Å². The molecule has 94 valence electrons. The van der Waals surface area contributed by atoms with Crippen LogP contribution in [0.25, 0.3) is 0 Å². The second-order valence-electron chi connectivity index (χ2n) is 4.66. The van der Waals surface area contributed by atoms with E-state index >= 15 is 0 Å². The molecule has 3 nitrogen and oxygen atoms in total. The van der Waals surface area contributed by atoms with E-state index in [0.29, 0.717) is 12.6 Å². The second-order valence-corrected chi connectivity index (χ2v) is 4.66. The van der Waals surface area contributed by atoms with Crippen LogP contribution in [0.2, 0.25) is 0 Å². The quantitative estimate of drug-likeness (QED) is 0.676. The van der Waals surface area contributed by atoms with Crippen LogP contribution < -0.4 is 0 Å². The third-order valence-electron chi connectivity index (χ3n) is 3.83. The number of carbonyl (C=O) groups excluding carboxylic acids is 1. The van der Waals surface area contributed by atoms with Gasteiger partial charge in [-0.25, -0.2) is 0 Å². The molecule has 0 spiro atoms. The van der Waals surface area contributed by atoms with Crippen molar-refractivity contribution in [2.24, 2.45) is 5.92 Å². The maximum Gasteiger partial charge on any atom is 0.319 e. The zero-order valence-electron chi connectivity index (χ0n) is 10.9. The van der Waals surface area contributed by atoms with Crippen molar-refractivity contribution >= 4 is 5.97 Å². The summed E-state index contributed by atoms with van der Waals surface area (Å²) in [5.74, 6) is 0.653. The molecular weight excluding hydrogens is 202 g/mol. The molecule has 1 fully saturated rings. The van der Waals surface area contributed by atoms with E-state index in [0.717, 1.165) is 12.5 Å². The molecule has 0 saturated heterocycles. The highest BCUT2D eigenvalue weighted by Gasteiger charge is 2.29. The van der Waals surface area contributed by atoms with Crippen LogP contribution in [0.1, 0.15) is 46.0 Å². The van der Waals surface area contributed by atoms with Crippen molar-refractivity contribution in [3.05, 3.63) is 0 Å². The Hall–Kier alpha value is -0.570. The van der Waals surface area contributed by atoms with Gasteiger partial charge in [0.05, 0.1) is 13.7 Å². The lowest BCUT2D eigenvalue weighted by Gasteiger charge is -2.38. The first kappa shape index (κ1) is 13.5. The summed E-state index contributed by atoms with van der Waals surface area (Å²) in [5.41, 5.74) is 0. The van der Waals surface area contributed by atoms with Gasteiger partial charge in [-0.3, -0.25) is 9.69 Å². The van der Waals surface area contributed by atoms with Crippen molar-refractivity contribution in [3.63, 3.8) is 0 Å². The van der Waals surface area contributed by atoms with E-state index in [9.17, 15) is 4.79 Å². The maximum atomic E-state index is 11.4. The lowest BCUT2D eigenvalue weighted by atomic mass is 9.82. The van der Waals surface area contributed by atoms with Crippen molar-refractivity contribution in [3.8, 4) is 0 Å². The summed E-state index contributed by atoms with van der Waals surface area (Å²) in [7, 11) is 1.47. The van der Waals surface area contributed by atoms with Gasteiger partial charge in [-0.2, -0.15) is 0 Å². The minimum absolute atomic E-state index is 0.109. The zero-order chi connectivity index (χ0) is 12.0. The highest BCUT2D eigenvalue weighted by molar-refractivity contribution is 5.71. The van der Waals surface area contributed by atoms with Crippen LogP contribution >= 0.6 is 0 Å². The topological polar surface area (TPSA) is 29.5 Å². The number of hydrogen-bond donors (Lipinski definition) is 0. The molecule has 0 aromatic rings. The van der Waals surface area contributed by atoms with E-state index in [1.54, 1.807) is 0 Å². The highest BCUT2D eigenvalue weighted by atomic mass is 16.5. The number of carbonyl (C=O) groups is 1. The number of nitrogens with zero attached hydrogens (tertiary/aromatic N) is 1. The maximum absolute atomic E-state index is 11.4. The molecule has 1 rings (SSSR count). The largest absolute Gasteiger partial charge is 0.468 e. The molecule has 0 amide bonds. The second kappa shape index (κ2) is 6.89. The summed E-state index contributed by atoms with van der Waals surface area (Å²) in [6.07, 6.45) is 6.44. The van der Waals surface area contributed by atoms with Crippen LogP contribution in [0, 0.1) is 5.92 Å². The van der Waals surface area contributed by atoms with Gasteiger partial charge in [-0.05, 0) is 25.3 Å². The average Bonchev–Trinajstić information content (AvgIpc) is 2.35. The van der Waals surface area contributed by atoms with Gasteiger partial charge in [-0.15, -0.1) is 0 Å². The standard InChI is InChI=1S/C13H25NO2/c1-4-11-8-6-7-9-12(11)14(5-2)10-13(15)16-3/h11-12H,4-10H2,1-3H3. The van der Waals surface area contributed by atoms with Gasteiger partial charge in [0.25, 0.3) is 0 Å². The molecule has 0 aromatic heterocycles. The van der Waals surface area contributed by atoms with Crippen molar-refractivity contribution in [1.29, 1.82) is 0 Å². The van der Waals surface area contributed by atoms with E-state index < -0.39 is 0 Å². The Morgan fingerprint density at radius 3 is 2.56 bits per heavy atom. The van der Waals surface area contributed by atoms with Crippen LogP contribution in [-0.4, -0.2) is 37.1 Å².